The molecule has 1 aromatic heterocycles. The highest BCUT2D eigenvalue weighted by molar-refractivity contribution is 7.15. The van der Waals surface area contributed by atoms with Crippen molar-refractivity contribution in [2.75, 3.05) is 44.9 Å². The second-order valence-corrected chi connectivity index (χ2v) is 6.94. The van der Waals surface area contributed by atoms with E-state index in [1.54, 1.807) is 7.11 Å². The minimum absolute atomic E-state index is 0.301. The standard InChI is InChI=1S/C15H25N3O2S/c1-11-10-18(6-8-20-11)15-17-14(12-3-4-12)13(21-15)9-16-5-7-19-2/h11-12,16H,3-10H2,1-2H3. The fourth-order valence-electron chi connectivity index (χ4n) is 2.66. The van der Waals surface area contributed by atoms with Gasteiger partial charge in [-0.05, 0) is 19.8 Å². The van der Waals surface area contributed by atoms with Crippen LogP contribution < -0.4 is 10.2 Å². The monoisotopic (exact) mass is 311 g/mol. The third-order valence-corrected chi connectivity index (χ3v) is 5.09. The number of aromatic nitrogens is 1. The van der Waals surface area contributed by atoms with Gasteiger partial charge in [0.1, 0.15) is 0 Å². The first-order chi connectivity index (χ1) is 10.3. The van der Waals surface area contributed by atoms with Crippen LogP contribution in [0.2, 0.25) is 0 Å². The van der Waals surface area contributed by atoms with E-state index < -0.39 is 0 Å². The Hall–Kier alpha value is -0.690. The molecule has 0 amide bonds. The first-order valence-electron chi connectivity index (χ1n) is 7.83. The van der Waals surface area contributed by atoms with Gasteiger partial charge in [-0.2, -0.15) is 0 Å². The molecule has 0 radical (unpaired) electrons. The number of morpholine rings is 1. The van der Waals surface area contributed by atoms with Crippen molar-refractivity contribution in [1.82, 2.24) is 10.3 Å². The predicted molar refractivity (Wildman–Crippen MR) is 85.3 cm³/mol. The van der Waals surface area contributed by atoms with Gasteiger partial charge in [0.15, 0.2) is 5.13 Å². The number of nitrogens with zero attached hydrogens (tertiary/aromatic N) is 2. The molecule has 1 aliphatic heterocycles. The molecule has 1 N–H and O–H groups in total. The maximum absolute atomic E-state index is 5.63. The van der Waals surface area contributed by atoms with Crippen molar-refractivity contribution in [2.45, 2.75) is 38.3 Å². The van der Waals surface area contributed by atoms with Gasteiger partial charge in [-0.15, -0.1) is 11.3 Å². The number of rotatable bonds is 7. The number of hydrogen-bond donors (Lipinski definition) is 1. The van der Waals surface area contributed by atoms with E-state index in [0.717, 1.165) is 39.4 Å². The summed E-state index contributed by atoms with van der Waals surface area (Å²) in [7, 11) is 1.74. The van der Waals surface area contributed by atoms with E-state index in [1.807, 2.05) is 11.3 Å². The second kappa shape index (κ2) is 7.05. The van der Waals surface area contributed by atoms with Gasteiger partial charge in [-0.1, -0.05) is 0 Å². The fraction of sp³-hybridized carbons (Fsp3) is 0.800. The molecule has 1 saturated carbocycles. The maximum atomic E-state index is 5.63. The molecular weight excluding hydrogens is 286 g/mol. The van der Waals surface area contributed by atoms with Crippen LogP contribution in [0.5, 0.6) is 0 Å². The van der Waals surface area contributed by atoms with E-state index in [2.05, 4.69) is 17.1 Å². The summed E-state index contributed by atoms with van der Waals surface area (Å²) in [6, 6.07) is 0. The average Bonchev–Trinajstić information content (AvgIpc) is 3.24. The summed E-state index contributed by atoms with van der Waals surface area (Å²) in [6.07, 6.45) is 2.90. The smallest absolute Gasteiger partial charge is 0.186 e. The third-order valence-electron chi connectivity index (χ3n) is 3.96. The van der Waals surface area contributed by atoms with E-state index in [4.69, 9.17) is 14.5 Å². The molecule has 2 aliphatic rings. The quantitative estimate of drug-likeness (QED) is 0.780. The number of thiazole rings is 1. The van der Waals surface area contributed by atoms with Crippen LogP contribution >= 0.6 is 11.3 Å². The summed E-state index contributed by atoms with van der Waals surface area (Å²) in [6.45, 7) is 7.41. The lowest BCUT2D eigenvalue weighted by Gasteiger charge is -2.30. The largest absolute Gasteiger partial charge is 0.383 e. The topological polar surface area (TPSA) is 46.6 Å². The van der Waals surface area contributed by atoms with Gasteiger partial charge in [0.25, 0.3) is 0 Å². The number of anilines is 1. The lowest BCUT2D eigenvalue weighted by atomic mass is 10.2. The fourth-order valence-corrected chi connectivity index (χ4v) is 3.81. The zero-order valence-electron chi connectivity index (χ0n) is 12.9. The predicted octanol–water partition coefficient (Wildman–Crippen LogP) is 1.98. The zero-order chi connectivity index (χ0) is 14.7. The summed E-state index contributed by atoms with van der Waals surface area (Å²) in [4.78, 5) is 8.73. The molecule has 2 fully saturated rings. The van der Waals surface area contributed by atoms with Crippen LogP contribution in [0.25, 0.3) is 0 Å². The minimum Gasteiger partial charge on any atom is -0.383 e. The van der Waals surface area contributed by atoms with E-state index in [1.165, 1.54) is 28.5 Å². The molecule has 21 heavy (non-hydrogen) atoms. The van der Waals surface area contributed by atoms with E-state index in [0.29, 0.717) is 12.0 Å². The Balaban J connectivity index is 1.67. The van der Waals surface area contributed by atoms with Crippen molar-refractivity contribution in [3.8, 4) is 0 Å². The summed E-state index contributed by atoms with van der Waals surface area (Å²) >= 11 is 1.85. The van der Waals surface area contributed by atoms with Crippen LogP contribution in [0, 0.1) is 0 Å². The van der Waals surface area contributed by atoms with Crippen LogP contribution in [-0.4, -0.2) is 51.0 Å². The van der Waals surface area contributed by atoms with Crippen molar-refractivity contribution >= 4 is 16.5 Å². The van der Waals surface area contributed by atoms with Gasteiger partial charge in [-0.3, -0.25) is 0 Å². The van der Waals surface area contributed by atoms with Crippen LogP contribution in [0.4, 0.5) is 5.13 Å². The van der Waals surface area contributed by atoms with Gasteiger partial charge in [0.05, 0.1) is 25.0 Å². The van der Waals surface area contributed by atoms with Gasteiger partial charge in [-0.25, -0.2) is 4.98 Å². The molecular formula is C15H25N3O2S. The Morgan fingerprint density at radius 1 is 1.48 bits per heavy atom. The molecule has 2 heterocycles. The summed E-state index contributed by atoms with van der Waals surface area (Å²) < 4.78 is 10.7. The molecule has 1 atom stereocenters. The average molecular weight is 311 g/mol. The first kappa shape index (κ1) is 15.2. The summed E-state index contributed by atoms with van der Waals surface area (Å²) in [5.74, 6) is 0.702. The minimum atomic E-state index is 0.301. The number of methoxy groups -OCH3 is 1. The second-order valence-electron chi connectivity index (χ2n) is 5.88. The summed E-state index contributed by atoms with van der Waals surface area (Å²) in [5.41, 5.74) is 1.33. The molecule has 1 aromatic rings. The first-order valence-corrected chi connectivity index (χ1v) is 8.65. The van der Waals surface area contributed by atoms with Crippen molar-refractivity contribution in [3.05, 3.63) is 10.6 Å². The lowest BCUT2D eigenvalue weighted by Crippen LogP contribution is -2.41. The van der Waals surface area contributed by atoms with Crippen molar-refractivity contribution in [3.63, 3.8) is 0 Å². The molecule has 1 unspecified atom stereocenters. The van der Waals surface area contributed by atoms with E-state index >= 15 is 0 Å². The zero-order valence-corrected chi connectivity index (χ0v) is 13.7. The normalized spacial score (nSPS) is 22.8. The van der Waals surface area contributed by atoms with Crippen LogP contribution in [0.1, 0.15) is 36.3 Å². The molecule has 1 saturated heterocycles. The molecule has 3 rings (SSSR count). The van der Waals surface area contributed by atoms with Gasteiger partial charge >= 0.3 is 0 Å². The van der Waals surface area contributed by atoms with Gasteiger partial charge in [0, 0.05) is 44.1 Å². The number of hydrogen-bond acceptors (Lipinski definition) is 6. The molecule has 6 heteroatoms. The Morgan fingerprint density at radius 2 is 2.33 bits per heavy atom. The highest BCUT2D eigenvalue weighted by atomic mass is 32.1. The SMILES string of the molecule is COCCNCc1sc(N2CCOC(C)C2)nc1C1CC1. The summed E-state index contributed by atoms with van der Waals surface area (Å²) in [5, 5.41) is 4.63. The molecule has 1 aliphatic carbocycles. The Bertz CT molecular complexity index is 462. The molecule has 0 bridgehead atoms. The lowest BCUT2D eigenvalue weighted by molar-refractivity contribution is 0.0532. The highest BCUT2D eigenvalue weighted by Crippen LogP contribution is 2.44. The van der Waals surface area contributed by atoms with Crippen molar-refractivity contribution in [1.29, 1.82) is 0 Å². The maximum Gasteiger partial charge on any atom is 0.186 e. The molecule has 5 nitrogen and oxygen atoms in total. The van der Waals surface area contributed by atoms with Crippen LogP contribution in [0.15, 0.2) is 0 Å². The van der Waals surface area contributed by atoms with E-state index in [9.17, 15) is 0 Å². The van der Waals surface area contributed by atoms with Gasteiger partial charge < -0.3 is 19.7 Å². The van der Waals surface area contributed by atoms with Gasteiger partial charge in [0.2, 0.25) is 0 Å². The highest BCUT2D eigenvalue weighted by Gasteiger charge is 2.31. The number of nitrogens with one attached hydrogen (secondary N) is 1. The van der Waals surface area contributed by atoms with Crippen molar-refractivity contribution in [2.24, 2.45) is 0 Å². The Kier molecular flexibility index (Phi) is 5.11. The van der Waals surface area contributed by atoms with Crippen molar-refractivity contribution < 1.29 is 9.47 Å². The molecule has 0 spiro atoms. The van der Waals surface area contributed by atoms with Crippen LogP contribution in [-0.2, 0) is 16.0 Å². The Labute approximate surface area is 130 Å². The Morgan fingerprint density at radius 3 is 3.05 bits per heavy atom. The van der Waals surface area contributed by atoms with E-state index in [-0.39, 0.29) is 0 Å². The number of ether oxygens (including phenoxy) is 2. The molecule has 118 valence electrons. The third kappa shape index (κ3) is 3.94. The van der Waals surface area contributed by atoms with Crippen LogP contribution in [0.3, 0.4) is 0 Å². The molecule has 0 aromatic carbocycles.